The van der Waals surface area contributed by atoms with E-state index in [-0.39, 0.29) is 23.1 Å². The Balaban J connectivity index is 1.76. The van der Waals surface area contributed by atoms with Gasteiger partial charge >= 0.3 is 0 Å². The molecule has 0 radical (unpaired) electrons. The highest BCUT2D eigenvalue weighted by molar-refractivity contribution is 8.00. The molecule has 3 nitrogen and oxygen atoms in total. The number of ether oxygens (including phenoxy) is 1. The lowest BCUT2D eigenvalue weighted by atomic mass is 10.2. The normalized spacial score (nSPS) is 20.2. The molecule has 1 aliphatic rings. The molecule has 1 N–H and O–H groups in total. The molecule has 0 saturated carbocycles. The average molecular weight is 283 g/mol. The van der Waals surface area contributed by atoms with Crippen LogP contribution in [-0.2, 0) is 9.53 Å². The van der Waals surface area contributed by atoms with Gasteiger partial charge in [0.15, 0.2) is 0 Å². The monoisotopic (exact) mass is 283 g/mol. The summed E-state index contributed by atoms with van der Waals surface area (Å²) in [6.45, 7) is 3.21. The van der Waals surface area contributed by atoms with Crippen LogP contribution in [0.5, 0.6) is 0 Å². The van der Waals surface area contributed by atoms with E-state index >= 15 is 0 Å². The van der Waals surface area contributed by atoms with Gasteiger partial charge in [0.05, 0.1) is 11.4 Å². The van der Waals surface area contributed by atoms with Gasteiger partial charge in [0, 0.05) is 18.0 Å². The molecule has 19 heavy (non-hydrogen) atoms. The molecule has 1 aromatic rings. The van der Waals surface area contributed by atoms with E-state index in [2.05, 4.69) is 5.32 Å². The number of carbonyl (C=O) groups excluding carboxylic acids is 1. The quantitative estimate of drug-likeness (QED) is 0.844. The van der Waals surface area contributed by atoms with Crippen molar-refractivity contribution in [1.82, 2.24) is 5.32 Å². The van der Waals surface area contributed by atoms with Crippen LogP contribution in [0.1, 0.15) is 19.8 Å². The predicted molar refractivity (Wildman–Crippen MR) is 73.7 cm³/mol. The van der Waals surface area contributed by atoms with Crippen LogP contribution in [0, 0.1) is 5.82 Å². The van der Waals surface area contributed by atoms with E-state index in [1.54, 1.807) is 12.1 Å². The van der Waals surface area contributed by atoms with E-state index in [4.69, 9.17) is 4.74 Å². The van der Waals surface area contributed by atoms with Gasteiger partial charge in [0.2, 0.25) is 5.91 Å². The molecular weight excluding hydrogens is 265 g/mol. The van der Waals surface area contributed by atoms with Gasteiger partial charge in [-0.3, -0.25) is 4.79 Å². The van der Waals surface area contributed by atoms with Crippen molar-refractivity contribution in [3.05, 3.63) is 30.1 Å². The molecule has 104 valence electrons. The number of hydrogen-bond acceptors (Lipinski definition) is 3. The Hall–Kier alpha value is -1.07. The van der Waals surface area contributed by atoms with E-state index in [0.29, 0.717) is 6.54 Å². The molecule has 5 heteroatoms. The zero-order valence-electron chi connectivity index (χ0n) is 10.9. The van der Waals surface area contributed by atoms with Crippen LogP contribution in [0.4, 0.5) is 4.39 Å². The second kappa shape index (κ2) is 6.91. The predicted octanol–water partition coefficient (Wildman–Crippen LogP) is 2.60. The third-order valence-corrected chi connectivity index (χ3v) is 4.14. The van der Waals surface area contributed by atoms with Gasteiger partial charge in [0.25, 0.3) is 0 Å². The summed E-state index contributed by atoms with van der Waals surface area (Å²) in [6, 6.07) is 6.17. The Morgan fingerprint density at radius 3 is 2.89 bits per heavy atom. The Morgan fingerprint density at radius 2 is 2.26 bits per heavy atom. The number of thioether (sulfide) groups is 1. The third kappa shape index (κ3) is 4.51. The highest BCUT2D eigenvalue weighted by Crippen LogP contribution is 2.23. The number of hydrogen-bond donors (Lipinski definition) is 1. The van der Waals surface area contributed by atoms with Gasteiger partial charge in [-0.1, -0.05) is 0 Å². The average Bonchev–Trinajstić information content (AvgIpc) is 2.91. The first-order chi connectivity index (χ1) is 9.15. The van der Waals surface area contributed by atoms with Crippen molar-refractivity contribution in [2.45, 2.75) is 36.0 Å². The lowest BCUT2D eigenvalue weighted by Crippen LogP contribution is -2.36. The van der Waals surface area contributed by atoms with Crippen LogP contribution in [0.3, 0.4) is 0 Å². The number of benzene rings is 1. The van der Waals surface area contributed by atoms with Crippen LogP contribution in [0.25, 0.3) is 0 Å². The number of halogens is 1. The molecule has 2 rings (SSSR count). The molecule has 0 spiro atoms. The fraction of sp³-hybridized carbons (Fsp3) is 0.500. The molecule has 0 aromatic heterocycles. The van der Waals surface area contributed by atoms with Gasteiger partial charge in [-0.05, 0) is 44.0 Å². The van der Waals surface area contributed by atoms with Crippen molar-refractivity contribution in [2.24, 2.45) is 0 Å². The molecular formula is C14H18FNO2S. The SMILES string of the molecule is C[C@@H](Sc1ccc(F)cc1)C(=O)NC[C@H]1CCCO1. The van der Waals surface area contributed by atoms with E-state index in [1.165, 1.54) is 23.9 Å². The van der Waals surface area contributed by atoms with Gasteiger partial charge < -0.3 is 10.1 Å². The van der Waals surface area contributed by atoms with E-state index in [9.17, 15) is 9.18 Å². The first kappa shape index (κ1) is 14.3. The number of carbonyl (C=O) groups is 1. The minimum atomic E-state index is -0.264. The Bertz CT molecular complexity index is 418. The van der Waals surface area contributed by atoms with Crippen LogP contribution in [0.15, 0.2) is 29.2 Å². The Labute approximate surface area is 116 Å². The molecule has 0 unspecified atom stereocenters. The zero-order chi connectivity index (χ0) is 13.7. The number of nitrogens with one attached hydrogen (secondary N) is 1. The summed E-state index contributed by atoms with van der Waals surface area (Å²) in [7, 11) is 0. The first-order valence-corrected chi connectivity index (χ1v) is 7.34. The minimum absolute atomic E-state index is 0.00942. The molecule has 2 atom stereocenters. The van der Waals surface area contributed by atoms with Crippen LogP contribution >= 0.6 is 11.8 Å². The van der Waals surface area contributed by atoms with Gasteiger partial charge in [0.1, 0.15) is 5.82 Å². The summed E-state index contributed by atoms with van der Waals surface area (Å²) < 4.78 is 18.2. The second-order valence-electron chi connectivity index (χ2n) is 4.59. The maximum absolute atomic E-state index is 12.8. The fourth-order valence-electron chi connectivity index (χ4n) is 1.93. The molecule has 0 aliphatic carbocycles. The molecule has 1 saturated heterocycles. The maximum Gasteiger partial charge on any atom is 0.233 e. The van der Waals surface area contributed by atoms with Crippen LogP contribution in [0.2, 0.25) is 0 Å². The van der Waals surface area contributed by atoms with Gasteiger partial charge in [-0.2, -0.15) is 0 Å². The van der Waals surface area contributed by atoms with Crippen LogP contribution < -0.4 is 5.32 Å². The highest BCUT2D eigenvalue weighted by atomic mass is 32.2. The summed E-state index contributed by atoms with van der Waals surface area (Å²) >= 11 is 1.42. The molecule has 1 aliphatic heterocycles. The van der Waals surface area contributed by atoms with Crippen molar-refractivity contribution < 1.29 is 13.9 Å². The third-order valence-electron chi connectivity index (χ3n) is 3.02. The minimum Gasteiger partial charge on any atom is -0.376 e. The molecule has 1 aromatic carbocycles. The second-order valence-corrected chi connectivity index (χ2v) is 6.01. The Kier molecular flexibility index (Phi) is 5.22. The summed E-state index contributed by atoms with van der Waals surface area (Å²) in [5.41, 5.74) is 0. The standard InChI is InChI=1S/C14H18FNO2S/c1-10(19-13-6-4-11(15)5-7-13)14(17)16-9-12-3-2-8-18-12/h4-7,10,12H,2-3,8-9H2,1H3,(H,16,17)/t10-,12-/m1/s1. The van der Waals surface area contributed by atoms with E-state index < -0.39 is 0 Å². The number of amides is 1. The maximum atomic E-state index is 12.8. The summed E-state index contributed by atoms with van der Waals surface area (Å²) in [4.78, 5) is 12.8. The summed E-state index contributed by atoms with van der Waals surface area (Å²) in [5, 5.41) is 2.70. The number of rotatable bonds is 5. The zero-order valence-corrected chi connectivity index (χ0v) is 11.7. The van der Waals surface area contributed by atoms with Crippen molar-refractivity contribution in [2.75, 3.05) is 13.2 Å². The molecule has 0 bridgehead atoms. The lowest BCUT2D eigenvalue weighted by molar-refractivity contribution is -0.120. The van der Waals surface area contributed by atoms with Crippen molar-refractivity contribution >= 4 is 17.7 Å². The smallest absolute Gasteiger partial charge is 0.233 e. The molecule has 1 heterocycles. The first-order valence-electron chi connectivity index (χ1n) is 6.46. The largest absolute Gasteiger partial charge is 0.376 e. The van der Waals surface area contributed by atoms with Crippen molar-refractivity contribution in [1.29, 1.82) is 0 Å². The van der Waals surface area contributed by atoms with Gasteiger partial charge in [-0.25, -0.2) is 4.39 Å². The van der Waals surface area contributed by atoms with Crippen LogP contribution in [-0.4, -0.2) is 30.4 Å². The molecule has 1 amide bonds. The highest BCUT2D eigenvalue weighted by Gasteiger charge is 2.19. The molecule has 1 fully saturated rings. The Morgan fingerprint density at radius 1 is 1.53 bits per heavy atom. The van der Waals surface area contributed by atoms with Gasteiger partial charge in [-0.15, -0.1) is 11.8 Å². The lowest BCUT2D eigenvalue weighted by Gasteiger charge is -2.14. The fourth-order valence-corrected chi connectivity index (χ4v) is 2.83. The van der Waals surface area contributed by atoms with Crippen molar-refractivity contribution in [3.8, 4) is 0 Å². The van der Waals surface area contributed by atoms with Crippen molar-refractivity contribution in [3.63, 3.8) is 0 Å². The summed E-state index contributed by atoms with van der Waals surface area (Å²) in [6.07, 6.45) is 2.24. The van der Waals surface area contributed by atoms with E-state index in [0.717, 1.165) is 24.3 Å². The van der Waals surface area contributed by atoms with E-state index in [1.807, 2.05) is 6.92 Å². The summed E-state index contributed by atoms with van der Waals surface area (Å²) in [5.74, 6) is -0.273. The topological polar surface area (TPSA) is 38.3 Å².